The van der Waals surface area contributed by atoms with E-state index in [1.54, 1.807) is 18.7 Å². The fourth-order valence-corrected chi connectivity index (χ4v) is 2.01. The number of carboxylic acid groups (broad SMARTS) is 1. The lowest BCUT2D eigenvalue weighted by Crippen LogP contribution is -2.53. The molecule has 0 aliphatic heterocycles. The van der Waals surface area contributed by atoms with Gasteiger partial charge in [-0.15, -0.1) is 0 Å². The highest BCUT2D eigenvalue weighted by atomic mass is 16.4. The van der Waals surface area contributed by atoms with Crippen LogP contribution >= 0.6 is 0 Å². The van der Waals surface area contributed by atoms with Gasteiger partial charge in [0.2, 0.25) is 0 Å². The Morgan fingerprint density at radius 1 is 1.37 bits per heavy atom. The highest BCUT2D eigenvalue weighted by Gasteiger charge is 2.30. The molecule has 1 saturated carbocycles. The van der Waals surface area contributed by atoms with Crippen molar-refractivity contribution in [1.82, 2.24) is 10.2 Å². The smallest absolute Gasteiger partial charge is 0.317 e. The third kappa shape index (κ3) is 4.38. The molecule has 0 bridgehead atoms. The van der Waals surface area contributed by atoms with Crippen LogP contribution in [0.25, 0.3) is 0 Å². The van der Waals surface area contributed by atoms with Gasteiger partial charge in [0.25, 0.3) is 0 Å². The molecule has 1 rings (SSSR count). The van der Waals surface area contributed by atoms with Gasteiger partial charge in [0.05, 0.1) is 5.92 Å². The number of aliphatic carboxylic acids is 1. The molecule has 0 saturated heterocycles. The first kappa shape index (κ1) is 15.8. The number of carbonyl (C=O) groups excluding carboxylic acids is 1. The summed E-state index contributed by atoms with van der Waals surface area (Å²) in [4.78, 5) is 24.8. The molecule has 0 radical (unpaired) electrons. The van der Waals surface area contributed by atoms with Crippen molar-refractivity contribution in [2.75, 3.05) is 13.2 Å². The molecule has 1 aliphatic carbocycles. The van der Waals surface area contributed by atoms with E-state index in [1.807, 2.05) is 0 Å². The van der Waals surface area contributed by atoms with E-state index in [9.17, 15) is 9.59 Å². The zero-order chi connectivity index (χ0) is 14.4. The number of rotatable bonds is 7. The van der Waals surface area contributed by atoms with Crippen molar-refractivity contribution >= 4 is 12.0 Å². The lowest BCUT2D eigenvalue weighted by Gasteiger charge is -2.38. The van der Waals surface area contributed by atoms with E-state index in [1.165, 1.54) is 0 Å². The monoisotopic (exact) mass is 272 g/mol. The van der Waals surface area contributed by atoms with E-state index in [0.29, 0.717) is 13.0 Å². The number of carboxylic acids is 1. The third-order valence-electron chi connectivity index (χ3n) is 3.82. The minimum Gasteiger partial charge on any atom is -0.481 e. The molecule has 0 aromatic heterocycles. The van der Waals surface area contributed by atoms with E-state index in [4.69, 9.17) is 10.2 Å². The van der Waals surface area contributed by atoms with Gasteiger partial charge in [0.15, 0.2) is 0 Å². The van der Waals surface area contributed by atoms with Crippen LogP contribution in [0.2, 0.25) is 0 Å². The molecule has 19 heavy (non-hydrogen) atoms. The van der Waals surface area contributed by atoms with Crippen LogP contribution in [0.3, 0.4) is 0 Å². The number of hydrogen-bond donors (Lipinski definition) is 3. The molecule has 0 aromatic rings. The molecule has 0 aromatic carbocycles. The van der Waals surface area contributed by atoms with Crippen molar-refractivity contribution in [3.05, 3.63) is 0 Å². The van der Waals surface area contributed by atoms with Crippen molar-refractivity contribution in [2.45, 2.75) is 51.6 Å². The SMILES string of the molecule is CC(NC(=O)N(CCCO)C1CCC1)C(C)C(=O)O. The van der Waals surface area contributed by atoms with Gasteiger partial charge in [-0.2, -0.15) is 0 Å². The predicted molar refractivity (Wildman–Crippen MR) is 70.8 cm³/mol. The largest absolute Gasteiger partial charge is 0.481 e. The van der Waals surface area contributed by atoms with Crippen molar-refractivity contribution in [3.8, 4) is 0 Å². The van der Waals surface area contributed by atoms with E-state index in [-0.39, 0.29) is 18.7 Å². The minimum absolute atomic E-state index is 0.0532. The Morgan fingerprint density at radius 2 is 2.00 bits per heavy atom. The third-order valence-corrected chi connectivity index (χ3v) is 3.82. The molecule has 6 nitrogen and oxygen atoms in total. The number of aliphatic hydroxyl groups is 1. The molecular formula is C13H24N2O4. The lowest BCUT2D eigenvalue weighted by molar-refractivity contribution is -0.141. The first-order chi connectivity index (χ1) is 8.97. The molecule has 3 N–H and O–H groups in total. The normalized spacial score (nSPS) is 18.3. The first-order valence-electron chi connectivity index (χ1n) is 6.88. The van der Waals surface area contributed by atoms with Gasteiger partial charge in [-0.3, -0.25) is 4.79 Å². The van der Waals surface area contributed by atoms with Gasteiger partial charge in [-0.25, -0.2) is 4.79 Å². The number of aliphatic hydroxyl groups excluding tert-OH is 1. The van der Waals surface area contributed by atoms with Crippen LogP contribution in [-0.2, 0) is 4.79 Å². The quantitative estimate of drug-likeness (QED) is 0.646. The number of hydrogen-bond acceptors (Lipinski definition) is 3. The maximum atomic E-state index is 12.2. The highest BCUT2D eigenvalue weighted by molar-refractivity contribution is 5.77. The van der Waals surface area contributed by atoms with Gasteiger partial charge in [-0.1, -0.05) is 0 Å². The summed E-state index contributed by atoms with van der Waals surface area (Å²) in [5.74, 6) is -1.54. The molecule has 1 fully saturated rings. The maximum absolute atomic E-state index is 12.2. The van der Waals surface area contributed by atoms with Crippen LogP contribution in [0, 0.1) is 5.92 Å². The molecule has 110 valence electrons. The van der Waals surface area contributed by atoms with Gasteiger partial charge in [0.1, 0.15) is 0 Å². The van der Waals surface area contributed by atoms with Crippen LogP contribution in [0.4, 0.5) is 4.79 Å². The summed E-state index contributed by atoms with van der Waals surface area (Å²) in [6.07, 6.45) is 3.64. The fraction of sp³-hybridized carbons (Fsp3) is 0.846. The topological polar surface area (TPSA) is 89.9 Å². The Kier molecular flexibility index (Phi) is 6.08. The van der Waals surface area contributed by atoms with Crippen molar-refractivity contribution in [3.63, 3.8) is 0 Å². The van der Waals surface area contributed by atoms with Gasteiger partial charge in [-0.05, 0) is 39.5 Å². The summed E-state index contributed by atoms with van der Waals surface area (Å²) in [7, 11) is 0. The van der Waals surface area contributed by atoms with Crippen molar-refractivity contribution < 1.29 is 19.8 Å². The molecule has 1 aliphatic rings. The average Bonchev–Trinajstić information content (AvgIpc) is 2.30. The van der Waals surface area contributed by atoms with Crippen LogP contribution in [-0.4, -0.2) is 52.3 Å². The molecule has 0 spiro atoms. The predicted octanol–water partition coefficient (Wildman–Crippen LogP) is 1.04. The van der Waals surface area contributed by atoms with E-state index in [2.05, 4.69) is 5.32 Å². The standard InChI is InChI=1S/C13H24N2O4/c1-9(12(17)18)10(2)14-13(19)15(7-4-8-16)11-5-3-6-11/h9-11,16H,3-8H2,1-2H3,(H,14,19)(H,17,18). The molecule has 0 heterocycles. The molecule has 2 unspecified atom stereocenters. The van der Waals surface area contributed by atoms with E-state index >= 15 is 0 Å². The van der Waals surface area contributed by atoms with E-state index in [0.717, 1.165) is 19.3 Å². The number of carbonyl (C=O) groups is 2. The molecule has 2 atom stereocenters. The van der Waals surface area contributed by atoms with Crippen LogP contribution in [0.5, 0.6) is 0 Å². The number of nitrogens with one attached hydrogen (secondary N) is 1. The zero-order valence-electron chi connectivity index (χ0n) is 11.6. The summed E-state index contributed by atoms with van der Waals surface area (Å²) in [5, 5.41) is 20.5. The Balaban J connectivity index is 2.53. The zero-order valence-corrected chi connectivity index (χ0v) is 11.6. The lowest BCUT2D eigenvalue weighted by atomic mass is 9.91. The summed E-state index contributed by atoms with van der Waals surface area (Å²) in [6.45, 7) is 3.84. The number of urea groups is 1. The maximum Gasteiger partial charge on any atom is 0.317 e. The van der Waals surface area contributed by atoms with Crippen LogP contribution in [0.1, 0.15) is 39.5 Å². The van der Waals surface area contributed by atoms with Crippen LogP contribution in [0.15, 0.2) is 0 Å². The second-order valence-corrected chi connectivity index (χ2v) is 5.22. The number of amides is 2. The van der Waals surface area contributed by atoms with Gasteiger partial charge < -0.3 is 20.4 Å². The molecular weight excluding hydrogens is 248 g/mol. The summed E-state index contributed by atoms with van der Waals surface area (Å²) in [5.41, 5.74) is 0. The molecule has 2 amide bonds. The van der Waals surface area contributed by atoms with Crippen LogP contribution < -0.4 is 5.32 Å². The average molecular weight is 272 g/mol. The Morgan fingerprint density at radius 3 is 2.42 bits per heavy atom. The minimum atomic E-state index is -0.918. The van der Waals surface area contributed by atoms with Gasteiger partial charge in [0, 0.05) is 25.2 Å². The van der Waals surface area contributed by atoms with Crippen molar-refractivity contribution in [1.29, 1.82) is 0 Å². The molecule has 6 heteroatoms. The summed E-state index contributed by atoms with van der Waals surface area (Å²) in [6, 6.07) is -0.403. The van der Waals surface area contributed by atoms with Gasteiger partial charge >= 0.3 is 12.0 Å². The Hall–Kier alpha value is -1.30. The second-order valence-electron chi connectivity index (χ2n) is 5.22. The Bertz CT molecular complexity index is 318. The first-order valence-corrected chi connectivity index (χ1v) is 6.88. The number of nitrogens with zero attached hydrogens (tertiary/aromatic N) is 1. The second kappa shape index (κ2) is 7.33. The highest BCUT2D eigenvalue weighted by Crippen LogP contribution is 2.25. The summed E-state index contributed by atoms with van der Waals surface area (Å²) < 4.78 is 0. The Labute approximate surface area is 113 Å². The van der Waals surface area contributed by atoms with Crippen molar-refractivity contribution in [2.24, 2.45) is 5.92 Å². The fourth-order valence-electron chi connectivity index (χ4n) is 2.01. The van der Waals surface area contributed by atoms with E-state index < -0.39 is 17.9 Å². The summed E-state index contributed by atoms with van der Waals surface area (Å²) >= 11 is 0.